The molecule has 0 amide bonds. The third-order valence-corrected chi connectivity index (χ3v) is 13.4. The van der Waals surface area contributed by atoms with E-state index >= 15 is 0 Å². The highest BCUT2D eigenvalue weighted by atomic mass is 32.1. The fourth-order valence-electron chi connectivity index (χ4n) is 4.61. The molecule has 2 rings (SSSR count). The molecule has 0 spiro atoms. The molecule has 2 nitrogen and oxygen atoms in total. The van der Waals surface area contributed by atoms with E-state index in [0.717, 1.165) is 0 Å². The van der Waals surface area contributed by atoms with E-state index < -0.39 is 16.5 Å². The van der Waals surface area contributed by atoms with Crippen LogP contribution < -0.4 is 10.4 Å². The molecule has 0 aliphatic heterocycles. The van der Waals surface area contributed by atoms with Crippen molar-refractivity contribution in [1.82, 2.24) is 0 Å². The molecule has 0 atom stereocenters. The van der Waals surface area contributed by atoms with Crippen LogP contribution in [-0.2, 0) is 11.4 Å². The van der Waals surface area contributed by atoms with E-state index in [-0.39, 0.29) is 0 Å². The van der Waals surface area contributed by atoms with E-state index in [2.05, 4.69) is 92.0 Å². The van der Waals surface area contributed by atoms with Crippen LogP contribution in [0.2, 0.25) is 26.2 Å². The molecule has 0 unspecified atom stereocenters. The Morgan fingerprint density at radius 1 is 0.556 bits per heavy atom. The van der Waals surface area contributed by atoms with E-state index in [9.17, 15) is 0 Å². The minimum Gasteiger partial charge on any atom is -0.251 e. The van der Waals surface area contributed by atoms with Gasteiger partial charge in [0.05, 0.1) is 0 Å². The van der Waals surface area contributed by atoms with Crippen molar-refractivity contribution in [3.05, 3.63) is 57.6 Å². The van der Waals surface area contributed by atoms with Crippen molar-refractivity contribution in [3.63, 3.8) is 0 Å². The van der Waals surface area contributed by atoms with Crippen LogP contribution in [0.1, 0.15) is 33.4 Å². The van der Waals surface area contributed by atoms with Crippen molar-refractivity contribution in [3.8, 4) is 0 Å². The average molecular weight is 415 g/mol. The lowest BCUT2D eigenvalue weighted by Gasteiger charge is -2.23. The summed E-state index contributed by atoms with van der Waals surface area (Å²) in [6, 6.07) is 9.14. The minimum absolute atomic E-state index is 1.33. The zero-order valence-corrected chi connectivity index (χ0v) is 21.4. The van der Waals surface area contributed by atoms with Crippen molar-refractivity contribution < 1.29 is 0 Å². The molecule has 0 bridgehead atoms. The Hall–Kier alpha value is -1.31. The zero-order valence-electron chi connectivity index (χ0n) is 18.6. The number of hydrogen-bond acceptors (Lipinski definition) is 2. The fraction of sp³-hybridized carbons (Fsp3) is 0.455. The van der Waals surface area contributed by atoms with Crippen LogP contribution in [0.4, 0.5) is 0 Å². The molecule has 146 valence electrons. The Morgan fingerprint density at radius 3 is 1.07 bits per heavy atom. The number of hydrogen-bond donors (Lipinski definition) is 0. The summed E-state index contributed by atoms with van der Waals surface area (Å²) >= 11 is 1.47. The van der Waals surface area contributed by atoms with Crippen LogP contribution in [0.3, 0.4) is 0 Å². The largest absolute Gasteiger partial charge is 0.251 e. The summed E-state index contributed by atoms with van der Waals surface area (Å²) in [6.45, 7) is 22.5. The number of nitrogens with zero attached hydrogens (tertiary/aromatic N) is 2. The van der Waals surface area contributed by atoms with Gasteiger partial charge in [0.15, 0.2) is 0 Å². The highest BCUT2D eigenvalue weighted by Crippen LogP contribution is 2.16. The lowest BCUT2D eigenvalue weighted by atomic mass is 10.1. The lowest BCUT2D eigenvalue weighted by molar-refractivity contribution is 1.34. The first-order valence-corrected chi connectivity index (χ1v) is 16.2. The summed E-state index contributed by atoms with van der Waals surface area (Å²) < 4.78 is 10.2. The number of rotatable bonds is 4. The average Bonchev–Trinajstić information content (AvgIpc) is 2.43. The van der Waals surface area contributed by atoms with E-state index in [1.54, 1.807) is 0 Å². The second kappa shape index (κ2) is 7.97. The summed E-state index contributed by atoms with van der Waals surface area (Å²) in [5, 5.41) is 2.91. The van der Waals surface area contributed by atoms with Crippen LogP contribution in [-0.4, -0.2) is 16.5 Å². The Labute approximate surface area is 171 Å². The van der Waals surface area contributed by atoms with Crippen LogP contribution in [0, 0.1) is 41.5 Å². The van der Waals surface area contributed by atoms with Gasteiger partial charge in [-0.3, -0.25) is 8.06 Å². The van der Waals surface area contributed by atoms with Gasteiger partial charge in [-0.1, -0.05) is 35.4 Å². The summed E-state index contributed by atoms with van der Waals surface area (Å²) in [5.74, 6) is 0. The topological polar surface area (TPSA) is 24.7 Å². The minimum atomic E-state index is -1.91. The van der Waals surface area contributed by atoms with Gasteiger partial charge in [0, 0.05) is 11.4 Å². The molecule has 0 aliphatic carbocycles. The van der Waals surface area contributed by atoms with Crippen LogP contribution in [0.25, 0.3) is 0 Å². The number of aryl methyl sites for hydroxylation is 6. The van der Waals surface area contributed by atoms with Gasteiger partial charge in [0.1, 0.15) is 0 Å². The lowest BCUT2D eigenvalue weighted by Crippen LogP contribution is -2.44. The molecule has 0 heterocycles. The van der Waals surface area contributed by atoms with E-state index in [1.807, 2.05) is 0 Å². The van der Waals surface area contributed by atoms with Gasteiger partial charge in [0.25, 0.3) is 0 Å². The van der Waals surface area contributed by atoms with Crippen LogP contribution in [0.15, 0.2) is 32.3 Å². The first-order valence-electron chi connectivity index (χ1n) is 9.62. The highest BCUT2D eigenvalue weighted by molar-refractivity contribution is 7.60. The molecule has 5 heteroatoms. The maximum absolute atomic E-state index is 5.09. The molecule has 0 saturated carbocycles. The SMILES string of the molecule is Cc1cc(C)c([Si](C)(C)N=S=N[Si](C)(C)c2c(C)cc(C)cc2C)c(C)c1. The molecule has 0 N–H and O–H groups in total. The second-order valence-electron chi connectivity index (χ2n) is 8.93. The molecule has 0 fully saturated rings. The molecule has 0 aromatic heterocycles. The number of benzene rings is 2. The van der Waals surface area contributed by atoms with Crippen molar-refractivity contribution in [2.45, 2.75) is 67.7 Å². The predicted molar refractivity (Wildman–Crippen MR) is 128 cm³/mol. The molecule has 27 heavy (non-hydrogen) atoms. The van der Waals surface area contributed by atoms with Crippen molar-refractivity contribution in [2.24, 2.45) is 8.06 Å². The Balaban J connectivity index is 2.46. The molecule has 2 aromatic carbocycles. The molecule has 0 saturated heterocycles. The summed E-state index contributed by atoms with van der Waals surface area (Å²) in [4.78, 5) is 0. The summed E-state index contributed by atoms with van der Waals surface area (Å²) in [6.07, 6.45) is 0. The molecule has 0 radical (unpaired) electrons. The summed E-state index contributed by atoms with van der Waals surface area (Å²) in [7, 11) is -3.82. The van der Waals surface area contributed by atoms with Crippen LogP contribution in [0.5, 0.6) is 0 Å². The van der Waals surface area contributed by atoms with Gasteiger partial charge < -0.3 is 0 Å². The van der Waals surface area contributed by atoms with E-state index in [1.165, 1.54) is 55.1 Å². The van der Waals surface area contributed by atoms with Gasteiger partial charge in [0.2, 0.25) is 16.5 Å². The van der Waals surface area contributed by atoms with Gasteiger partial charge in [-0.05, 0) is 100 Å². The Morgan fingerprint density at radius 2 is 0.815 bits per heavy atom. The molecular weight excluding hydrogens is 380 g/mol. The van der Waals surface area contributed by atoms with Gasteiger partial charge in [-0.25, -0.2) is 0 Å². The highest BCUT2D eigenvalue weighted by Gasteiger charge is 2.29. The van der Waals surface area contributed by atoms with Crippen molar-refractivity contribution in [2.75, 3.05) is 0 Å². The fourth-order valence-corrected chi connectivity index (χ4v) is 11.6. The van der Waals surface area contributed by atoms with Gasteiger partial charge in [-0.2, -0.15) is 0 Å². The molecular formula is C22H34N2SSi2. The van der Waals surface area contributed by atoms with Gasteiger partial charge in [-0.15, -0.1) is 0 Å². The Kier molecular flexibility index (Phi) is 6.49. The van der Waals surface area contributed by atoms with E-state index in [4.69, 9.17) is 8.06 Å². The Bertz CT molecular complexity index is 820. The maximum atomic E-state index is 5.09. The van der Waals surface area contributed by atoms with Crippen molar-refractivity contribution in [1.29, 1.82) is 0 Å². The zero-order chi connectivity index (χ0) is 20.6. The second-order valence-corrected chi connectivity index (χ2v) is 17.8. The van der Waals surface area contributed by atoms with Crippen LogP contribution >= 0.6 is 0 Å². The summed E-state index contributed by atoms with van der Waals surface area (Å²) in [5.41, 5.74) is 8.14. The van der Waals surface area contributed by atoms with E-state index in [0.29, 0.717) is 0 Å². The molecule has 0 aliphatic rings. The first-order chi connectivity index (χ1) is 12.3. The quantitative estimate of drug-likeness (QED) is 0.589. The smallest absolute Gasteiger partial charge is 0.224 e. The molecule has 2 aromatic rings. The van der Waals surface area contributed by atoms with Gasteiger partial charge >= 0.3 is 0 Å². The standard InChI is InChI=1S/C22H34N2SSi2/c1-15-11-17(3)21(18(4)12-15)26(7,8)23-25-24-27(9,10)22-19(5)13-16(2)14-20(22)6/h11-14H,1-10H3. The maximum Gasteiger partial charge on any atom is 0.224 e. The first kappa shape index (κ1) is 22.0. The predicted octanol–water partition coefficient (Wildman–Crippen LogP) is 5.51. The normalized spacial score (nSPS) is 12.1. The third-order valence-electron chi connectivity index (χ3n) is 5.12. The third kappa shape index (κ3) is 4.95. The van der Waals surface area contributed by atoms with Crippen molar-refractivity contribution >= 4 is 38.2 Å². The monoisotopic (exact) mass is 414 g/mol.